The van der Waals surface area contributed by atoms with Gasteiger partial charge in [-0.25, -0.2) is 4.79 Å². The number of amides is 1. The Labute approximate surface area is 146 Å². The molecule has 1 aliphatic heterocycles. The summed E-state index contributed by atoms with van der Waals surface area (Å²) in [4.78, 5) is 28.0. The molecular formula is C17H24N6O2. The lowest BCUT2D eigenvalue weighted by atomic mass is 10.2. The first kappa shape index (κ1) is 17.3. The average molecular weight is 344 g/mol. The molecule has 2 aromatic rings. The van der Waals surface area contributed by atoms with Gasteiger partial charge in [-0.2, -0.15) is 4.98 Å². The van der Waals surface area contributed by atoms with E-state index in [9.17, 15) is 9.59 Å². The van der Waals surface area contributed by atoms with Crippen LogP contribution in [-0.2, 0) is 30.8 Å². The summed E-state index contributed by atoms with van der Waals surface area (Å²) in [5.41, 5.74) is 1.19. The van der Waals surface area contributed by atoms with Crippen molar-refractivity contribution in [2.45, 2.75) is 65.6 Å². The zero-order valence-electron chi connectivity index (χ0n) is 14.8. The zero-order chi connectivity index (χ0) is 17.8. The summed E-state index contributed by atoms with van der Waals surface area (Å²) in [7, 11) is 0. The minimum absolute atomic E-state index is 0.113. The number of aryl methyl sites for hydroxylation is 3. The Kier molecular flexibility index (Phi) is 5.25. The second-order valence-electron chi connectivity index (χ2n) is 6.49. The van der Waals surface area contributed by atoms with E-state index >= 15 is 0 Å². The topological polar surface area (TPSA) is 94.7 Å². The normalized spacial score (nSPS) is 14.0. The van der Waals surface area contributed by atoms with Gasteiger partial charge >= 0.3 is 5.69 Å². The lowest BCUT2D eigenvalue weighted by Crippen LogP contribution is -2.30. The minimum Gasteiger partial charge on any atom is -0.349 e. The SMILES string of the molecule is Cc1cc(C)n(CCC(=O)NCc2nnc3n2CCCCC3)c(=O)n1. The van der Waals surface area contributed by atoms with Crippen LogP contribution in [0, 0.1) is 13.8 Å². The van der Waals surface area contributed by atoms with Crippen LogP contribution in [0.4, 0.5) is 0 Å². The number of nitrogens with zero attached hydrogens (tertiary/aromatic N) is 5. The van der Waals surface area contributed by atoms with Gasteiger partial charge in [-0.1, -0.05) is 6.42 Å². The summed E-state index contributed by atoms with van der Waals surface area (Å²) in [6, 6.07) is 1.84. The van der Waals surface area contributed by atoms with Crippen LogP contribution in [0.2, 0.25) is 0 Å². The number of carbonyl (C=O) groups is 1. The molecule has 0 saturated carbocycles. The molecule has 8 heteroatoms. The monoisotopic (exact) mass is 344 g/mol. The molecule has 0 aliphatic carbocycles. The number of carbonyl (C=O) groups excluding carboxylic acids is 1. The second-order valence-corrected chi connectivity index (χ2v) is 6.49. The average Bonchev–Trinajstić information content (AvgIpc) is 2.78. The fraction of sp³-hybridized carbons (Fsp3) is 0.588. The van der Waals surface area contributed by atoms with Gasteiger partial charge in [0.15, 0.2) is 5.82 Å². The Morgan fingerprint density at radius 2 is 2.08 bits per heavy atom. The molecule has 3 rings (SSSR count). The zero-order valence-corrected chi connectivity index (χ0v) is 14.8. The molecule has 25 heavy (non-hydrogen) atoms. The van der Waals surface area contributed by atoms with Gasteiger partial charge in [-0.15, -0.1) is 10.2 Å². The highest BCUT2D eigenvalue weighted by Crippen LogP contribution is 2.14. The van der Waals surface area contributed by atoms with Gasteiger partial charge in [0.25, 0.3) is 0 Å². The van der Waals surface area contributed by atoms with Crippen molar-refractivity contribution in [2.24, 2.45) is 0 Å². The van der Waals surface area contributed by atoms with E-state index in [0.717, 1.165) is 43.1 Å². The third-order valence-electron chi connectivity index (χ3n) is 4.54. The van der Waals surface area contributed by atoms with Crippen LogP contribution in [0.15, 0.2) is 10.9 Å². The number of rotatable bonds is 5. The van der Waals surface area contributed by atoms with Gasteiger partial charge < -0.3 is 9.88 Å². The molecule has 1 N–H and O–H groups in total. The summed E-state index contributed by atoms with van der Waals surface area (Å²) in [6.45, 7) is 5.23. The van der Waals surface area contributed by atoms with Crippen LogP contribution in [0.1, 0.15) is 48.7 Å². The quantitative estimate of drug-likeness (QED) is 0.869. The molecular weight excluding hydrogens is 320 g/mol. The predicted molar refractivity (Wildman–Crippen MR) is 92.0 cm³/mol. The summed E-state index contributed by atoms with van der Waals surface area (Å²) in [6.07, 6.45) is 4.64. The molecule has 1 amide bonds. The lowest BCUT2D eigenvalue weighted by molar-refractivity contribution is -0.121. The van der Waals surface area contributed by atoms with Crippen LogP contribution >= 0.6 is 0 Å². The number of nitrogens with one attached hydrogen (secondary N) is 1. The van der Waals surface area contributed by atoms with Crippen molar-refractivity contribution < 1.29 is 4.79 Å². The number of hydrogen-bond acceptors (Lipinski definition) is 5. The van der Waals surface area contributed by atoms with E-state index in [1.807, 2.05) is 13.0 Å². The molecule has 134 valence electrons. The highest BCUT2D eigenvalue weighted by Gasteiger charge is 2.15. The van der Waals surface area contributed by atoms with Crippen molar-refractivity contribution in [1.82, 2.24) is 29.6 Å². The number of aromatic nitrogens is 5. The predicted octanol–water partition coefficient (Wildman–Crippen LogP) is 0.885. The number of fused-ring (bicyclic) bond motifs is 1. The number of hydrogen-bond donors (Lipinski definition) is 1. The first-order valence-electron chi connectivity index (χ1n) is 8.77. The van der Waals surface area contributed by atoms with Gasteiger partial charge in [0.2, 0.25) is 5.91 Å². The largest absolute Gasteiger partial charge is 0.349 e. The molecule has 0 atom stereocenters. The molecule has 0 unspecified atom stereocenters. The molecule has 0 aromatic carbocycles. The molecule has 0 bridgehead atoms. The molecule has 8 nitrogen and oxygen atoms in total. The summed E-state index contributed by atoms with van der Waals surface area (Å²) in [5, 5.41) is 11.3. The van der Waals surface area contributed by atoms with Gasteiger partial charge in [0.05, 0.1) is 6.54 Å². The van der Waals surface area contributed by atoms with E-state index < -0.39 is 0 Å². The van der Waals surface area contributed by atoms with E-state index in [4.69, 9.17) is 0 Å². The van der Waals surface area contributed by atoms with E-state index in [1.165, 1.54) is 11.0 Å². The van der Waals surface area contributed by atoms with Crippen molar-refractivity contribution in [3.05, 3.63) is 39.6 Å². The third kappa shape index (κ3) is 4.12. The summed E-state index contributed by atoms with van der Waals surface area (Å²) >= 11 is 0. The Hall–Kier alpha value is -2.51. The highest BCUT2D eigenvalue weighted by atomic mass is 16.2. The van der Waals surface area contributed by atoms with Crippen molar-refractivity contribution in [2.75, 3.05) is 0 Å². The summed E-state index contributed by atoms with van der Waals surface area (Å²) in [5.74, 6) is 1.70. The Balaban J connectivity index is 1.56. The smallest absolute Gasteiger partial charge is 0.347 e. The Morgan fingerprint density at radius 1 is 1.24 bits per heavy atom. The molecule has 0 radical (unpaired) electrons. The first-order chi connectivity index (χ1) is 12.0. The van der Waals surface area contributed by atoms with Crippen LogP contribution in [-0.4, -0.2) is 30.2 Å². The summed E-state index contributed by atoms with van der Waals surface area (Å²) < 4.78 is 3.64. The fourth-order valence-electron chi connectivity index (χ4n) is 3.20. The maximum absolute atomic E-state index is 12.1. The van der Waals surface area contributed by atoms with Gasteiger partial charge in [-0.3, -0.25) is 9.36 Å². The van der Waals surface area contributed by atoms with E-state index in [-0.39, 0.29) is 18.0 Å². The van der Waals surface area contributed by atoms with E-state index in [2.05, 4.69) is 25.1 Å². The van der Waals surface area contributed by atoms with E-state index in [0.29, 0.717) is 18.8 Å². The van der Waals surface area contributed by atoms with Gasteiger partial charge in [0.1, 0.15) is 5.82 Å². The van der Waals surface area contributed by atoms with Crippen LogP contribution in [0.3, 0.4) is 0 Å². The Morgan fingerprint density at radius 3 is 2.88 bits per heavy atom. The maximum atomic E-state index is 12.1. The molecule has 0 fully saturated rings. The van der Waals surface area contributed by atoms with Crippen LogP contribution < -0.4 is 11.0 Å². The highest BCUT2D eigenvalue weighted by molar-refractivity contribution is 5.75. The Bertz CT molecular complexity index is 823. The molecule has 0 spiro atoms. The standard InChI is InChI=1S/C17H24N6O2/c1-12-10-13(2)22(17(25)19-12)9-7-16(24)18-11-15-21-20-14-6-4-3-5-8-23(14)15/h10H,3-9,11H2,1-2H3,(H,18,24). The van der Waals surface area contributed by atoms with Gasteiger partial charge in [-0.05, 0) is 32.8 Å². The molecule has 0 saturated heterocycles. The first-order valence-corrected chi connectivity index (χ1v) is 8.77. The minimum atomic E-state index is -0.312. The fourth-order valence-corrected chi connectivity index (χ4v) is 3.20. The van der Waals surface area contributed by atoms with Crippen LogP contribution in [0.25, 0.3) is 0 Å². The van der Waals surface area contributed by atoms with Crippen molar-refractivity contribution in [1.29, 1.82) is 0 Å². The van der Waals surface area contributed by atoms with Crippen molar-refractivity contribution >= 4 is 5.91 Å². The lowest BCUT2D eigenvalue weighted by Gasteiger charge is -2.10. The van der Waals surface area contributed by atoms with Gasteiger partial charge in [0, 0.05) is 37.3 Å². The van der Waals surface area contributed by atoms with E-state index in [1.54, 1.807) is 6.92 Å². The molecule has 2 aromatic heterocycles. The third-order valence-corrected chi connectivity index (χ3v) is 4.54. The maximum Gasteiger partial charge on any atom is 0.347 e. The van der Waals surface area contributed by atoms with Crippen molar-refractivity contribution in [3.63, 3.8) is 0 Å². The molecule has 1 aliphatic rings. The van der Waals surface area contributed by atoms with Crippen LogP contribution in [0.5, 0.6) is 0 Å². The molecule has 3 heterocycles. The van der Waals surface area contributed by atoms with Crippen molar-refractivity contribution in [3.8, 4) is 0 Å². The second kappa shape index (κ2) is 7.58.